The molecule has 6 nitrogen and oxygen atoms in total. The molecule has 1 saturated heterocycles. The van der Waals surface area contributed by atoms with E-state index in [9.17, 15) is 13.2 Å². The molecule has 0 aliphatic carbocycles. The maximum absolute atomic E-state index is 12.9. The lowest BCUT2D eigenvalue weighted by Gasteiger charge is -2.26. The topological polar surface area (TPSA) is 78.5 Å². The van der Waals surface area contributed by atoms with Crippen LogP contribution in [0.2, 0.25) is 5.02 Å². The summed E-state index contributed by atoms with van der Waals surface area (Å²) in [6.07, 6.45) is 2.81. The van der Waals surface area contributed by atoms with E-state index in [0.29, 0.717) is 29.5 Å². The Morgan fingerprint density at radius 2 is 1.76 bits per heavy atom. The summed E-state index contributed by atoms with van der Waals surface area (Å²) in [7, 11) is -3.55. The van der Waals surface area contributed by atoms with Crippen molar-refractivity contribution in [1.82, 2.24) is 4.31 Å². The Bertz CT molecular complexity index is 1000. The van der Waals surface area contributed by atoms with Crippen LogP contribution in [0.1, 0.15) is 30.4 Å². The van der Waals surface area contributed by atoms with Gasteiger partial charge in [-0.3, -0.25) is 4.79 Å². The first kappa shape index (κ1) is 21.6. The average molecular weight is 436 g/mol. The predicted octanol–water partition coefficient (Wildman–Crippen LogP) is 4.18. The Kier molecular flexibility index (Phi) is 6.82. The second-order valence-corrected chi connectivity index (χ2v) is 9.67. The monoisotopic (exact) mass is 435 g/mol. The van der Waals surface area contributed by atoms with E-state index in [0.717, 1.165) is 30.4 Å². The van der Waals surface area contributed by atoms with Gasteiger partial charge in [-0.2, -0.15) is 4.31 Å². The van der Waals surface area contributed by atoms with Gasteiger partial charge in [-0.05, 0) is 62.1 Å². The molecule has 29 heavy (non-hydrogen) atoms. The largest absolute Gasteiger partial charge is 0.375 e. The molecular formula is C21H26ClN3O3S. The maximum Gasteiger partial charge on any atom is 0.243 e. The molecule has 8 heteroatoms. The molecule has 2 aromatic rings. The van der Waals surface area contributed by atoms with Gasteiger partial charge in [0.15, 0.2) is 0 Å². The van der Waals surface area contributed by atoms with Crippen LogP contribution in [0.15, 0.2) is 41.3 Å². The van der Waals surface area contributed by atoms with Gasteiger partial charge < -0.3 is 10.6 Å². The number of halogens is 1. The van der Waals surface area contributed by atoms with Crippen molar-refractivity contribution in [3.63, 3.8) is 0 Å². The van der Waals surface area contributed by atoms with Crippen molar-refractivity contribution in [2.45, 2.75) is 38.0 Å². The molecule has 3 rings (SSSR count). The molecule has 0 spiro atoms. The number of nitrogens with zero attached hydrogens (tertiary/aromatic N) is 1. The highest BCUT2D eigenvalue weighted by Gasteiger charge is 2.26. The smallest absolute Gasteiger partial charge is 0.243 e. The van der Waals surface area contributed by atoms with Gasteiger partial charge in [0, 0.05) is 18.8 Å². The minimum Gasteiger partial charge on any atom is -0.375 e. The number of nitrogens with one attached hydrogen (secondary N) is 2. The summed E-state index contributed by atoms with van der Waals surface area (Å²) in [6.45, 7) is 4.87. The molecule has 156 valence electrons. The molecule has 0 bridgehead atoms. The zero-order chi connectivity index (χ0) is 21.0. The third kappa shape index (κ3) is 5.29. The molecule has 0 unspecified atom stereocenters. The lowest BCUT2D eigenvalue weighted by molar-refractivity contribution is -0.114. The van der Waals surface area contributed by atoms with Crippen LogP contribution in [-0.4, -0.2) is 38.3 Å². The molecule has 1 aliphatic heterocycles. The molecule has 1 aliphatic rings. The number of carbonyl (C=O) groups is 1. The van der Waals surface area contributed by atoms with Crippen LogP contribution in [0.25, 0.3) is 0 Å². The highest BCUT2D eigenvalue weighted by molar-refractivity contribution is 7.89. The first-order chi connectivity index (χ1) is 13.8. The average Bonchev–Trinajstić information content (AvgIpc) is 2.69. The Morgan fingerprint density at radius 1 is 1.03 bits per heavy atom. The Balaban J connectivity index is 1.70. The van der Waals surface area contributed by atoms with Crippen LogP contribution < -0.4 is 10.6 Å². The fourth-order valence-electron chi connectivity index (χ4n) is 3.28. The van der Waals surface area contributed by atoms with Crippen molar-refractivity contribution >= 4 is 38.9 Å². The first-order valence-electron chi connectivity index (χ1n) is 9.68. The van der Waals surface area contributed by atoms with Gasteiger partial charge in [0.25, 0.3) is 0 Å². The van der Waals surface area contributed by atoms with E-state index in [4.69, 9.17) is 11.6 Å². The summed E-state index contributed by atoms with van der Waals surface area (Å²) >= 11 is 6.18. The van der Waals surface area contributed by atoms with E-state index in [1.54, 1.807) is 12.1 Å². The third-order valence-electron chi connectivity index (χ3n) is 5.00. The zero-order valence-electron chi connectivity index (χ0n) is 16.7. The summed E-state index contributed by atoms with van der Waals surface area (Å²) in [5.41, 5.74) is 2.99. The number of hydrogen-bond donors (Lipinski definition) is 2. The van der Waals surface area contributed by atoms with Crippen molar-refractivity contribution in [3.05, 3.63) is 52.5 Å². The van der Waals surface area contributed by atoms with E-state index in [-0.39, 0.29) is 17.3 Å². The highest BCUT2D eigenvalue weighted by Crippen LogP contribution is 2.26. The zero-order valence-corrected chi connectivity index (χ0v) is 18.2. The highest BCUT2D eigenvalue weighted by atomic mass is 35.5. The Hall–Kier alpha value is -2.09. The van der Waals surface area contributed by atoms with Gasteiger partial charge in [-0.25, -0.2) is 8.42 Å². The van der Waals surface area contributed by atoms with Gasteiger partial charge in [0.1, 0.15) is 0 Å². The fraction of sp³-hybridized carbons (Fsp3) is 0.381. The van der Waals surface area contributed by atoms with Crippen molar-refractivity contribution < 1.29 is 13.2 Å². The molecule has 0 atom stereocenters. The summed E-state index contributed by atoms with van der Waals surface area (Å²) in [6, 6.07) is 10.4. The van der Waals surface area contributed by atoms with Crippen LogP contribution >= 0.6 is 11.6 Å². The van der Waals surface area contributed by atoms with E-state index in [1.165, 1.54) is 10.4 Å². The Labute approximate surface area is 177 Å². The molecule has 1 fully saturated rings. The van der Waals surface area contributed by atoms with Crippen molar-refractivity contribution in [1.29, 1.82) is 0 Å². The lowest BCUT2D eigenvalue weighted by atomic mass is 10.2. The van der Waals surface area contributed by atoms with Gasteiger partial charge in [0.2, 0.25) is 15.9 Å². The maximum atomic E-state index is 12.9. The van der Waals surface area contributed by atoms with Crippen LogP contribution in [0.5, 0.6) is 0 Å². The molecular weight excluding hydrogens is 410 g/mol. The normalized spacial score (nSPS) is 15.1. The van der Waals surface area contributed by atoms with Crippen LogP contribution in [-0.2, 0) is 14.8 Å². The summed E-state index contributed by atoms with van der Waals surface area (Å²) in [5.74, 6) is -0.280. The minimum absolute atomic E-state index is 0.0192. The second kappa shape index (κ2) is 9.15. The van der Waals surface area contributed by atoms with Gasteiger partial charge >= 0.3 is 0 Å². The van der Waals surface area contributed by atoms with E-state index < -0.39 is 10.0 Å². The Morgan fingerprint density at radius 3 is 2.45 bits per heavy atom. The van der Waals surface area contributed by atoms with Crippen LogP contribution in [0.4, 0.5) is 11.4 Å². The SMILES string of the molecule is Cc1ccc(NCC(=O)Nc2cc(S(=O)(=O)N3CCCCC3)ccc2C)c(Cl)c1. The summed E-state index contributed by atoms with van der Waals surface area (Å²) in [4.78, 5) is 12.6. The number of rotatable bonds is 6. The van der Waals surface area contributed by atoms with E-state index in [2.05, 4.69) is 10.6 Å². The molecule has 1 amide bonds. The summed E-state index contributed by atoms with van der Waals surface area (Å²) in [5, 5.41) is 6.35. The number of benzene rings is 2. The predicted molar refractivity (Wildman–Crippen MR) is 117 cm³/mol. The quantitative estimate of drug-likeness (QED) is 0.713. The number of carbonyl (C=O) groups excluding carboxylic acids is 1. The first-order valence-corrected chi connectivity index (χ1v) is 11.5. The number of piperidine rings is 1. The molecule has 0 radical (unpaired) electrons. The number of sulfonamides is 1. The van der Waals surface area contributed by atoms with E-state index >= 15 is 0 Å². The number of anilines is 2. The van der Waals surface area contributed by atoms with E-state index in [1.807, 2.05) is 32.0 Å². The van der Waals surface area contributed by atoms with Gasteiger partial charge in [-0.15, -0.1) is 0 Å². The van der Waals surface area contributed by atoms with Crippen LogP contribution in [0.3, 0.4) is 0 Å². The lowest BCUT2D eigenvalue weighted by Crippen LogP contribution is -2.35. The van der Waals surface area contributed by atoms with Gasteiger partial charge in [0.05, 0.1) is 22.2 Å². The number of amides is 1. The molecule has 2 aromatic carbocycles. The standard InChI is InChI=1S/C21H26ClN3O3S/c1-15-6-9-19(18(22)12-15)23-14-21(26)24-20-13-17(8-7-16(20)2)29(27,28)25-10-4-3-5-11-25/h6-9,12-13,23H,3-5,10-11,14H2,1-2H3,(H,24,26). The van der Waals surface area contributed by atoms with Crippen LogP contribution in [0, 0.1) is 13.8 Å². The number of hydrogen-bond acceptors (Lipinski definition) is 4. The molecule has 1 heterocycles. The van der Waals surface area contributed by atoms with Crippen molar-refractivity contribution in [3.8, 4) is 0 Å². The molecule has 2 N–H and O–H groups in total. The second-order valence-electron chi connectivity index (χ2n) is 7.33. The molecule has 0 aromatic heterocycles. The summed E-state index contributed by atoms with van der Waals surface area (Å²) < 4.78 is 27.3. The fourth-order valence-corrected chi connectivity index (χ4v) is 5.13. The van der Waals surface area contributed by atoms with Gasteiger partial charge in [-0.1, -0.05) is 30.2 Å². The van der Waals surface area contributed by atoms with Crippen molar-refractivity contribution in [2.75, 3.05) is 30.3 Å². The third-order valence-corrected chi connectivity index (χ3v) is 7.21. The van der Waals surface area contributed by atoms with Crippen molar-refractivity contribution in [2.24, 2.45) is 0 Å². The minimum atomic E-state index is -3.55. The number of aryl methyl sites for hydroxylation is 2. The molecule has 0 saturated carbocycles.